The van der Waals surface area contributed by atoms with Crippen LogP contribution in [-0.2, 0) is 4.74 Å². The molecule has 7 heteroatoms. The maximum Gasteiger partial charge on any atom is 0.339 e. The smallest absolute Gasteiger partial charge is 0.339 e. The Kier molecular flexibility index (Phi) is 6.25. The van der Waals surface area contributed by atoms with E-state index in [1.165, 1.54) is 5.69 Å². The number of morpholine rings is 1. The fraction of sp³-hybridized carbons (Fsp3) is 0.263. The van der Waals surface area contributed by atoms with Gasteiger partial charge in [-0.05, 0) is 48.4 Å². The van der Waals surface area contributed by atoms with Gasteiger partial charge in [-0.25, -0.2) is 10.2 Å². The van der Waals surface area contributed by atoms with Crippen molar-refractivity contribution in [2.45, 2.75) is 6.92 Å². The van der Waals surface area contributed by atoms with Crippen LogP contribution in [0.5, 0.6) is 0 Å². The number of nitrogens with zero attached hydrogens (tertiary/aromatic N) is 2. The van der Waals surface area contributed by atoms with E-state index in [9.17, 15) is 4.79 Å². The molecule has 0 atom stereocenters. The highest BCUT2D eigenvalue weighted by molar-refractivity contribution is 9.10. The Hall–Kier alpha value is -2.38. The van der Waals surface area contributed by atoms with Crippen LogP contribution in [-0.4, -0.2) is 38.5 Å². The van der Waals surface area contributed by atoms with E-state index in [0.717, 1.165) is 41.9 Å². The van der Waals surface area contributed by atoms with Gasteiger partial charge in [-0.1, -0.05) is 28.1 Å². The van der Waals surface area contributed by atoms with Gasteiger partial charge >= 0.3 is 6.03 Å². The normalized spacial score (nSPS) is 14.5. The number of carbonyl (C=O) groups is 1. The van der Waals surface area contributed by atoms with E-state index in [4.69, 9.17) is 4.74 Å². The second-order valence-corrected chi connectivity index (χ2v) is 6.83. The van der Waals surface area contributed by atoms with Crippen molar-refractivity contribution in [3.8, 4) is 0 Å². The SMILES string of the molecule is Cc1cc(NC(=O)N/N=C/c2ccc(N3CCOCC3)cc2)ccc1Br. The lowest BCUT2D eigenvalue weighted by Gasteiger charge is -2.28. The molecule has 0 aliphatic carbocycles. The zero-order valence-corrected chi connectivity index (χ0v) is 16.1. The number of carbonyl (C=O) groups excluding carboxylic acids is 1. The number of nitrogens with one attached hydrogen (secondary N) is 2. The highest BCUT2D eigenvalue weighted by Crippen LogP contribution is 2.20. The van der Waals surface area contributed by atoms with E-state index < -0.39 is 0 Å². The van der Waals surface area contributed by atoms with Crippen LogP contribution in [0.15, 0.2) is 52.0 Å². The van der Waals surface area contributed by atoms with E-state index in [2.05, 4.69) is 48.8 Å². The summed E-state index contributed by atoms with van der Waals surface area (Å²) >= 11 is 3.43. The molecule has 2 N–H and O–H groups in total. The molecule has 6 nitrogen and oxygen atoms in total. The number of amides is 2. The van der Waals surface area contributed by atoms with Crippen molar-refractivity contribution in [3.05, 3.63) is 58.1 Å². The van der Waals surface area contributed by atoms with Crippen molar-refractivity contribution < 1.29 is 9.53 Å². The van der Waals surface area contributed by atoms with Gasteiger partial charge in [0, 0.05) is 28.9 Å². The largest absolute Gasteiger partial charge is 0.378 e. The minimum atomic E-state index is -0.382. The van der Waals surface area contributed by atoms with Crippen molar-refractivity contribution in [2.75, 3.05) is 36.5 Å². The Morgan fingerprint density at radius 2 is 1.92 bits per heavy atom. The fourth-order valence-electron chi connectivity index (χ4n) is 2.64. The number of halogens is 1. The first-order chi connectivity index (χ1) is 12.6. The highest BCUT2D eigenvalue weighted by atomic mass is 79.9. The first-order valence-electron chi connectivity index (χ1n) is 8.41. The number of hydrogen-bond acceptors (Lipinski definition) is 4. The van der Waals surface area contributed by atoms with Gasteiger partial charge < -0.3 is 15.0 Å². The van der Waals surface area contributed by atoms with E-state index in [-0.39, 0.29) is 6.03 Å². The number of ether oxygens (including phenoxy) is 1. The molecule has 1 fully saturated rings. The third kappa shape index (κ3) is 5.06. The molecule has 0 spiro atoms. The molecule has 0 unspecified atom stereocenters. The number of hydrogen-bond donors (Lipinski definition) is 2. The van der Waals surface area contributed by atoms with Crippen molar-refractivity contribution in [2.24, 2.45) is 5.10 Å². The minimum Gasteiger partial charge on any atom is -0.378 e. The Morgan fingerprint density at radius 1 is 1.19 bits per heavy atom. The van der Waals surface area contributed by atoms with Crippen molar-refractivity contribution in [1.29, 1.82) is 0 Å². The van der Waals surface area contributed by atoms with Crippen LogP contribution >= 0.6 is 15.9 Å². The van der Waals surface area contributed by atoms with E-state index >= 15 is 0 Å². The van der Waals surface area contributed by atoms with Crippen molar-refractivity contribution in [1.82, 2.24) is 5.43 Å². The van der Waals surface area contributed by atoms with Gasteiger partial charge in [-0.3, -0.25) is 0 Å². The first kappa shape index (κ1) is 18.4. The number of benzene rings is 2. The molecule has 1 heterocycles. The maximum absolute atomic E-state index is 11.9. The molecule has 0 bridgehead atoms. The summed E-state index contributed by atoms with van der Waals surface area (Å²) in [5.74, 6) is 0. The number of hydrazone groups is 1. The Balaban J connectivity index is 1.51. The second-order valence-electron chi connectivity index (χ2n) is 5.98. The van der Waals surface area contributed by atoms with Gasteiger partial charge in [0.15, 0.2) is 0 Å². The lowest BCUT2D eigenvalue weighted by atomic mass is 10.2. The molecule has 1 aliphatic heterocycles. The molecule has 0 radical (unpaired) electrons. The van der Waals surface area contributed by atoms with E-state index in [1.54, 1.807) is 6.21 Å². The van der Waals surface area contributed by atoms with E-state index in [0.29, 0.717) is 5.69 Å². The average Bonchev–Trinajstić information content (AvgIpc) is 2.66. The molecule has 1 aliphatic rings. The standard InChI is InChI=1S/C19H21BrN4O2/c1-14-12-16(4-7-18(14)20)22-19(25)23-21-13-15-2-5-17(6-3-15)24-8-10-26-11-9-24/h2-7,12-13H,8-11H2,1H3,(H2,22,23,25)/b21-13+. The molecule has 136 valence electrons. The quantitative estimate of drug-likeness (QED) is 0.588. The summed E-state index contributed by atoms with van der Waals surface area (Å²) in [6, 6.07) is 13.3. The summed E-state index contributed by atoms with van der Waals surface area (Å²) in [6.45, 7) is 5.31. The van der Waals surface area contributed by atoms with Crippen molar-refractivity contribution >= 4 is 39.6 Å². The summed E-state index contributed by atoms with van der Waals surface area (Å²) in [5, 5.41) is 6.74. The van der Waals surface area contributed by atoms with Crippen LogP contribution in [0, 0.1) is 6.92 Å². The van der Waals surface area contributed by atoms with Crippen molar-refractivity contribution in [3.63, 3.8) is 0 Å². The highest BCUT2D eigenvalue weighted by Gasteiger charge is 2.10. The summed E-state index contributed by atoms with van der Waals surface area (Å²) in [7, 11) is 0. The summed E-state index contributed by atoms with van der Waals surface area (Å²) in [4.78, 5) is 14.2. The Labute approximate surface area is 161 Å². The third-order valence-electron chi connectivity index (χ3n) is 4.06. The zero-order valence-electron chi connectivity index (χ0n) is 14.5. The number of rotatable bonds is 4. The number of anilines is 2. The number of aryl methyl sites for hydroxylation is 1. The molecule has 26 heavy (non-hydrogen) atoms. The van der Waals surface area contributed by atoms with E-state index in [1.807, 2.05) is 37.3 Å². The van der Waals surface area contributed by atoms with Gasteiger partial charge in [0.05, 0.1) is 19.4 Å². The monoisotopic (exact) mass is 416 g/mol. The maximum atomic E-state index is 11.9. The molecule has 2 aromatic rings. The van der Waals surface area contributed by atoms with Gasteiger partial charge in [0.25, 0.3) is 0 Å². The molecular weight excluding hydrogens is 396 g/mol. The zero-order chi connectivity index (χ0) is 18.4. The molecule has 1 saturated heterocycles. The second kappa shape index (κ2) is 8.82. The van der Waals surface area contributed by atoms with Crippen LogP contribution in [0.25, 0.3) is 0 Å². The van der Waals surface area contributed by atoms with Crippen LogP contribution in [0.1, 0.15) is 11.1 Å². The van der Waals surface area contributed by atoms with Crippen LogP contribution in [0.2, 0.25) is 0 Å². The van der Waals surface area contributed by atoms with Crippen LogP contribution < -0.4 is 15.6 Å². The third-order valence-corrected chi connectivity index (χ3v) is 4.95. The van der Waals surface area contributed by atoms with Gasteiger partial charge in [-0.2, -0.15) is 5.10 Å². The molecule has 0 aromatic heterocycles. The fourth-order valence-corrected chi connectivity index (χ4v) is 2.89. The molecular formula is C19H21BrN4O2. The van der Waals surface area contributed by atoms with Gasteiger partial charge in [-0.15, -0.1) is 0 Å². The molecule has 2 aromatic carbocycles. The molecule has 3 rings (SSSR count). The summed E-state index contributed by atoms with van der Waals surface area (Å²) in [5.41, 5.74) is 6.32. The predicted octanol–water partition coefficient (Wildman–Crippen LogP) is 3.75. The van der Waals surface area contributed by atoms with Gasteiger partial charge in [0.2, 0.25) is 0 Å². The summed E-state index contributed by atoms with van der Waals surface area (Å²) in [6.07, 6.45) is 1.62. The van der Waals surface area contributed by atoms with Crippen LogP contribution in [0.4, 0.5) is 16.2 Å². The topological polar surface area (TPSA) is 66.0 Å². The Morgan fingerprint density at radius 3 is 2.62 bits per heavy atom. The first-order valence-corrected chi connectivity index (χ1v) is 9.20. The Bertz CT molecular complexity index is 787. The van der Waals surface area contributed by atoms with Gasteiger partial charge in [0.1, 0.15) is 0 Å². The minimum absolute atomic E-state index is 0.382. The number of urea groups is 1. The predicted molar refractivity (Wildman–Crippen MR) is 108 cm³/mol. The lowest BCUT2D eigenvalue weighted by Crippen LogP contribution is -2.36. The summed E-state index contributed by atoms with van der Waals surface area (Å²) < 4.78 is 6.37. The molecule has 2 amide bonds. The van der Waals surface area contributed by atoms with Crippen LogP contribution in [0.3, 0.4) is 0 Å². The lowest BCUT2D eigenvalue weighted by molar-refractivity contribution is 0.122. The molecule has 0 saturated carbocycles. The average molecular weight is 417 g/mol.